The van der Waals surface area contributed by atoms with Crippen molar-refractivity contribution < 1.29 is 26.4 Å². The third-order valence-electron chi connectivity index (χ3n) is 4.03. The summed E-state index contributed by atoms with van der Waals surface area (Å²) in [6, 6.07) is 3.31. The Kier molecular flexibility index (Phi) is 6.07. The van der Waals surface area contributed by atoms with Crippen molar-refractivity contribution in [2.75, 3.05) is 19.6 Å². The Balaban J connectivity index is 1.98. The molecule has 1 amide bonds. The monoisotopic (exact) mass is 379 g/mol. The molecule has 1 heterocycles. The molecule has 0 spiro atoms. The van der Waals surface area contributed by atoms with Crippen molar-refractivity contribution in [3.05, 3.63) is 29.8 Å². The van der Waals surface area contributed by atoms with E-state index in [9.17, 15) is 26.4 Å². The first-order chi connectivity index (χ1) is 11.6. The van der Waals surface area contributed by atoms with E-state index in [0.29, 0.717) is 6.07 Å². The number of piperidine rings is 1. The van der Waals surface area contributed by atoms with Crippen molar-refractivity contribution in [1.29, 1.82) is 0 Å². The summed E-state index contributed by atoms with van der Waals surface area (Å²) in [5.41, 5.74) is -1.07. The predicted molar refractivity (Wildman–Crippen MR) is 85.2 cm³/mol. The van der Waals surface area contributed by atoms with Gasteiger partial charge in [0.2, 0.25) is 15.9 Å². The SMILES string of the molecule is CC1CNCCC1NC(=O)CNS(=O)(=O)c1cccc(C(F)(F)F)c1. The third-order valence-corrected chi connectivity index (χ3v) is 5.43. The second kappa shape index (κ2) is 7.71. The maximum Gasteiger partial charge on any atom is 0.416 e. The van der Waals surface area contributed by atoms with Crippen LogP contribution in [0.1, 0.15) is 18.9 Å². The molecule has 0 radical (unpaired) electrons. The fourth-order valence-corrected chi connectivity index (χ4v) is 3.60. The van der Waals surface area contributed by atoms with Gasteiger partial charge in [-0.2, -0.15) is 13.2 Å². The molecule has 2 rings (SSSR count). The zero-order valence-electron chi connectivity index (χ0n) is 13.6. The van der Waals surface area contributed by atoms with E-state index in [2.05, 4.69) is 10.6 Å². The molecule has 1 aromatic rings. The Labute approximate surface area is 144 Å². The van der Waals surface area contributed by atoms with E-state index in [1.165, 1.54) is 0 Å². The van der Waals surface area contributed by atoms with E-state index in [1.807, 2.05) is 11.6 Å². The maximum absolute atomic E-state index is 12.7. The van der Waals surface area contributed by atoms with Crippen LogP contribution in [0.3, 0.4) is 0 Å². The van der Waals surface area contributed by atoms with Crippen LogP contribution in [0.4, 0.5) is 13.2 Å². The topological polar surface area (TPSA) is 87.3 Å². The molecule has 1 fully saturated rings. The maximum atomic E-state index is 12.7. The Morgan fingerprint density at radius 3 is 2.72 bits per heavy atom. The molecule has 10 heteroatoms. The van der Waals surface area contributed by atoms with Crippen LogP contribution >= 0.6 is 0 Å². The van der Waals surface area contributed by atoms with Gasteiger partial charge in [-0.1, -0.05) is 13.0 Å². The highest BCUT2D eigenvalue weighted by molar-refractivity contribution is 7.89. The first kappa shape index (κ1) is 19.7. The number of halogens is 3. The Hall–Kier alpha value is -1.65. The highest BCUT2D eigenvalue weighted by Crippen LogP contribution is 2.30. The van der Waals surface area contributed by atoms with Gasteiger partial charge in [0.15, 0.2) is 0 Å². The summed E-state index contributed by atoms with van der Waals surface area (Å²) in [6.07, 6.45) is -3.92. The second-order valence-corrected chi connectivity index (χ2v) is 7.76. The average molecular weight is 379 g/mol. The van der Waals surface area contributed by atoms with Crippen LogP contribution in [0.25, 0.3) is 0 Å². The van der Waals surface area contributed by atoms with Gasteiger partial charge in [-0.3, -0.25) is 4.79 Å². The molecule has 1 aromatic carbocycles. The van der Waals surface area contributed by atoms with E-state index < -0.39 is 39.1 Å². The average Bonchev–Trinajstić information content (AvgIpc) is 2.55. The fourth-order valence-electron chi connectivity index (χ4n) is 2.57. The summed E-state index contributed by atoms with van der Waals surface area (Å²) >= 11 is 0. The summed E-state index contributed by atoms with van der Waals surface area (Å²) in [5, 5.41) is 5.92. The predicted octanol–water partition coefficient (Wildman–Crippen LogP) is 1.10. The molecule has 0 bridgehead atoms. The summed E-state index contributed by atoms with van der Waals surface area (Å²) in [6.45, 7) is 2.94. The Morgan fingerprint density at radius 2 is 2.08 bits per heavy atom. The van der Waals surface area contributed by atoms with Crippen molar-refractivity contribution in [3.8, 4) is 0 Å². The van der Waals surface area contributed by atoms with Crippen LogP contribution in [-0.2, 0) is 21.0 Å². The standard InChI is InChI=1S/C15H20F3N3O3S/c1-10-8-19-6-5-13(10)21-14(22)9-20-25(23,24)12-4-2-3-11(7-12)15(16,17)18/h2-4,7,10,13,19-20H,5-6,8-9H2,1H3,(H,21,22). The highest BCUT2D eigenvalue weighted by Gasteiger charge is 2.31. The Bertz CT molecular complexity index is 722. The van der Waals surface area contributed by atoms with Crippen molar-refractivity contribution in [3.63, 3.8) is 0 Å². The molecule has 0 aromatic heterocycles. The van der Waals surface area contributed by atoms with Crippen molar-refractivity contribution in [1.82, 2.24) is 15.4 Å². The first-order valence-corrected chi connectivity index (χ1v) is 9.25. The number of hydrogen-bond donors (Lipinski definition) is 3. The minimum Gasteiger partial charge on any atom is -0.352 e. The molecule has 2 unspecified atom stereocenters. The number of benzene rings is 1. The van der Waals surface area contributed by atoms with Crippen LogP contribution < -0.4 is 15.4 Å². The van der Waals surface area contributed by atoms with E-state index >= 15 is 0 Å². The summed E-state index contributed by atoms with van der Waals surface area (Å²) in [5.74, 6) is -0.313. The quantitative estimate of drug-likeness (QED) is 0.715. The normalized spacial score (nSPS) is 21.8. The van der Waals surface area contributed by atoms with E-state index in [1.54, 1.807) is 0 Å². The number of sulfonamides is 1. The van der Waals surface area contributed by atoms with E-state index in [4.69, 9.17) is 0 Å². The van der Waals surface area contributed by atoms with Gasteiger partial charge in [-0.25, -0.2) is 13.1 Å². The largest absolute Gasteiger partial charge is 0.416 e. The fraction of sp³-hybridized carbons (Fsp3) is 0.533. The molecular weight excluding hydrogens is 359 g/mol. The zero-order chi connectivity index (χ0) is 18.7. The second-order valence-electron chi connectivity index (χ2n) is 5.99. The lowest BCUT2D eigenvalue weighted by atomic mass is 9.95. The molecular formula is C15H20F3N3O3S. The van der Waals surface area contributed by atoms with Gasteiger partial charge in [0.05, 0.1) is 17.0 Å². The smallest absolute Gasteiger partial charge is 0.352 e. The van der Waals surface area contributed by atoms with Gasteiger partial charge in [0.25, 0.3) is 0 Å². The number of carbonyl (C=O) groups is 1. The minimum absolute atomic E-state index is 0.0631. The van der Waals surface area contributed by atoms with Gasteiger partial charge < -0.3 is 10.6 Å². The van der Waals surface area contributed by atoms with Gasteiger partial charge in [0.1, 0.15) is 0 Å². The summed E-state index contributed by atoms with van der Waals surface area (Å²) in [7, 11) is -4.22. The number of amides is 1. The zero-order valence-corrected chi connectivity index (χ0v) is 14.4. The molecule has 1 aliphatic heterocycles. The molecule has 1 aliphatic rings. The van der Waals surface area contributed by atoms with Gasteiger partial charge in [-0.05, 0) is 43.6 Å². The minimum atomic E-state index is -4.64. The van der Waals surface area contributed by atoms with Gasteiger partial charge in [-0.15, -0.1) is 0 Å². The Morgan fingerprint density at radius 1 is 1.36 bits per heavy atom. The number of rotatable bonds is 5. The molecule has 1 saturated heterocycles. The molecule has 2 atom stereocenters. The molecule has 0 saturated carbocycles. The lowest BCUT2D eigenvalue weighted by Crippen LogP contribution is -2.50. The highest BCUT2D eigenvalue weighted by atomic mass is 32.2. The first-order valence-electron chi connectivity index (χ1n) is 7.76. The number of carbonyl (C=O) groups excluding carboxylic acids is 1. The van der Waals surface area contributed by atoms with E-state index in [0.717, 1.165) is 37.7 Å². The third kappa shape index (κ3) is 5.41. The van der Waals surface area contributed by atoms with Gasteiger partial charge in [0, 0.05) is 6.04 Å². The molecule has 140 valence electrons. The summed E-state index contributed by atoms with van der Waals surface area (Å²) in [4.78, 5) is 11.4. The van der Waals surface area contributed by atoms with Crippen LogP contribution in [0.15, 0.2) is 29.2 Å². The van der Waals surface area contributed by atoms with Crippen molar-refractivity contribution >= 4 is 15.9 Å². The molecule has 25 heavy (non-hydrogen) atoms. The number of hydrogen-bond acceptors (Lipinski definition) is 4. The lowest BCUT2D eigenvalue weighted by molar-refractivity contribution is -0.137. The van der Waals surface area contributed by atoms with Gasteiger partial charge >= 0.3 is 6.18 Å². The number of alkyl halides is 3. The van der Waals surface area contributed by atoms with Crippen LogP contribution in [0.5, 0.6) is 0 Å². The summed E-state index contributed by atoms with van der Waals surface area (Å²) < 4.78 is 64.3. The van der Waals surface area contributed by atoms with Crippen LogP contribution in [-0.4, -0.2) is 40.0 Å². The van der Waals surface area contributed by atoms with Crippen LogP contribution in [0, 0.1) is 5.92 Å². The molecule has 0 aliphatic carbocycles. The van der Waals surface area contributed by atoms with E-state index in [-0.39, 0.29) is 12.0 Å². The van der Waals surface area contributed by atoms with Crippen molar-refractivity contribution in [2.24, 2.45) is 5.92 Å². The van der Waals surface area contributed by atoms with Crippen LogP contribution in [0.2, 0.25) is 0 Å². The molecule has 3 N–H and O–H groups in total. The molecule has 6 nitrogen and oxygen atoms in total. The number of nitrogens with one attached hydrogen (secondary N) is 3. The lowest BCUT2D eigenvalue weighted by Gasteiger charge is -2.30. The van der Waals surface area contributed by atoms with Crippen molar-refractivity contribution in [2.45, 2.75) is 30.5 Å².